The van der Waals surface area contributed by atoms with Gasteiger partial charge < -0.3 is 10.1 Å². The van der Waals surface area contributed by atoms with E-state index in [0.29, 0.717) is 12.3 Å². The zero-order valence-corrected chi connectivity index (χ0v) is 13.7. The lowest BCUT2D eigenvalue weighted by atomic mass is 10.1. The molecule has 2 heterocycles. The van der Waals surface area contributed by atoms with Crippen molar-refractivity contribution in [1.29, 1.82) is 0 Å². The zero-order valence-electron chi connectivity index (χ0n) is 12.8. The summed E-state index contributed by atoms with van der Waals surface area (Å²) in [6, 6.07) is 4.19. The fraction of sp³-hybridized carbons (Fsp3) is 0.688. The maximum absolute atomic E-state index is 11.8. The number of rotatable bonds is 8. The van der Waals surface area contributed by atoms with E-state index in [0.717, 1.165) is 52.2 Å². The number of carbonyl (C=O) groups excluding carboxylic acids is 1. The van der Waals surface area contributed by atoms with Crippen molar-refractivity contribution in [3.8, 4) is 0 Å². The third kappa shape index (κ3) is 6.59. The molecule has 0 bridgehead atoms. The van der Waals surface area contributed by atoms with Crippen molar-refractivity contribution in [3.05, 3.63) is 22.4 Å². The van der Waals surface area contributed by atoms with E-state index in [4.69, 9.17) is 4.74 Å². The topological polar surface area (TPSA) is 41.6 Å². The van der Waals surface area contributed by atoms with Crippen LogP contribution in [0.2, 0.25) is 0 Å². The molecule has 0 aliphatic carbocycles. The minimum Gasteiger partial charge on any atom is -0.379 e. The summed E-state index contributed by atoms with van der Waals surface area (Å²) < 4.78 is 5.34. The monoisotopic (exact) mass is 310 g/mol. The summed E-state index contributed by atoms with van der Waals surface area (Å²) in [4.78, 5) is 15.6. The number of amides is 1. The van der Waals surface area contributed by atoms with Crippen LogP contribution in [0.3, 0.4) is 0 Å². The van der Waals surface area contributed by atoms with Crippen LogP contribution >= 0.6 is 11.3 Å². The van der Waals surface area contributed by atoms with Crippen molar-refractivity contribution in [2.24, 2.45) is 5.92 Å². The van der Waals surface area contributed by atoms with Gasteiger partial charge in [-0.2, -0.15) is 0 Å². The molecule has 1 aliphatic rings. The van der Waals surface area contributed by atoms with E-state index in [1.807, 2.05) is 0 Å². The average molecular weight is 310 g/mol. The Hall–Kier alpha value is -0.910. The van der Waals surface area contributed by atoms with Gasteiger partial charge in [0.05, 0.1) is 13.2 Å². The highest BCUT2D eigenvalue weighted by atomic mass is 32.1. The third-order valence-corrected chi connectivity index (χ3v) is 4.66. The van der Waals surface area contributed by atoms with E-state index in [-0.39, 0.29) is 5.91 Å². The van der Waals surface area contributed by atoms with E-state index in [1.165, 1.54) is 4.88 Å². The molecule has 0 radical (unpaired) electrons. The molecule has 0 spiro atoms. The van der Waals surface area contributed by atoms with Gasteiger partial charge >= 0.3 is 0 Å². The average Bonchev–Trinajstić information content (AvgIpc) is 2.99. The van der Waals surface area contributed by atoms with Gasteiger partial charge in [-0.1, -0.05) is 13.0 Å². The molecule has 1 saturated heterocycles. The fourth-order valence-electron chi connectivity index (χ4n) is 2.54. The standard InChI is InChI=1S/C16H26N2O2S/c1-14(13-18-7-9-20-10-8-18)12-17-16(19)6-2-4-15-5-3-11-21-15/h3,5,11,14H,2,4,6-10,12-13H2,1H3,(H,17,19). The van der Waals surface area contributed by atoms with Gasteiger partial charge in [-0.15, -0.1) is 11.3 Å². The summed E-state index contributed by atoms with van der Waals surface area (Å²) in [5.41, 5.74) is 0. The number of thiophene rings is 1. The van der Waals surface area contributed by atoms with Crippen molar-refractivity contribution in [2.45, 2.75) is 26.2 Å². The van der Waals surface area contributed by atoms with Crippen LogP contribution < -0.4 is 5.32 Å². The minimum atomic E-state index is 0.181. The van der Waals surface area contributed by atoms with Crippen molar-refractivity contribution in [1.82, 2.24) is 10.2 Å². The van der Waals surface area contributed by atoms with Gasteiger partial charge in [0.15, 0.2) is 0 Å². The van der Waals surface area contributed by atoms with Crippen LogP contribution in [0.5, 0.6) is 0 Å². The Bertz CT molecular complexity index is 402. The molecule has 1 atom stereocenters. The van der Waals surface area contributed by atoms with Gasteiger partial charge in [0.25, 0.3) is 0 Å². The van der Waals surface area contributed by atoms with Crippen molar-refractivity contribution in [2.75, 3.05) is 39.4 Å². The second kappa shape index (κ2) is 9.18. The predicted molar refractivity (Wildman–Crippen MR) is 86.7 cm³/mol. The van der Waals surface area contributed by atoms with Crippen molar-refractivity contribution < 1.29 is 9.53 Å². The molecule has 5 heteroatoms. The molecule has 21 heavy (non-hydrogen) atoms. The molecule has 0 aromatic carbocycles. The summed E-state index contributed by atoms with van der Waals surface area (Å²) in [5.74, 6) is 0.671. The van der Waals surface area contributed by atoms with E-state index in [1.54, 1.807) is 11.3 Å². The Morgan fingerprint density at radius 2 is 2.29 bits per heavy atom. The molecule has 1 aliphatic heterocycles. The maximum atomic E-state index is 11.8. The number of carbonyl (C=O) groups is 1. The summed E-state index contributed by atoms with van der Waals surface area (Å²) >= 11 is 1.76. The molecule has 1 aromatic rings. The molecule has 0 saturated carbocycles. The van der Waals surface area contributed by atoms with Crippen LogP contribution in [0, 0.1) is 5.92 Å². The van der Waals surface area contributed by atoms with Crippen LogP contribution in [0.1, 0.15) is 24.6 Å². The quantitative estimate of drug-likeness (QED) is 0.800. The van der Waals surface area contributed by atoms with Crippen molar-refractivity contribution in [3.63, 3.8) is 0 Å². The smallest absolute Gasteiger partial charge is 0.220 e. The lowest BCUT2D eigenvalue weighted by Gasteiger charge is -2.29. The number of hydrogen-bond acceptors (Lipinski definition) is 4. The maximum Gasteiger partial charge on any atom is 0.220 e. The molecular weight excluding hydrogens is 284 g/mol. The van der Waals surface area contributed by atoms with Gasteiger partial charge in [-0.25, -0.2) is 0 Å². The first-order chi connectivity index (χ1) is 10.2. The summed E-state index contributed by atoms with van der Waals surface area (Å²) in [6.45, 7) is 7.71. The lowest BCUT2D eigenvalue weighted by molar-refractivity contribution is -0.121. The highest BCUT2D eigenvalue weighted by Crippen LogP contribution is 2.11. The van der Waals surface area contributed by atoms with Crippen molar-refractivity contribution >= 4 is 17.2 Å². The number of nitrogens with zero attached hydrogens (tertiary/aromatic N) is 1. The van der Waals surface area contributed by atoms with Crippen LogP contribution in [0.4, 0.5) is 0 Å². The number of ether oxygens (including phenoxy) is 1. The van der Waals surface area contributed by atoms with E-state index in [9.17, 15) is 4.79 Å². The number of nitrogens with one attached hydrogen (secondary N) is 1. The first-order valence-electron chi connectivity index (χ1n) is 7.83. The number of hydrogen-bond donors (Lipinski definition) is 1. The lowest BCUT2D eigenvalue weighted by Crippen LogP contribution is -2.41. The Labute approximate surface area is 131 Å². The number of aryl methyl sites for hydroxylation is 1. The van der Waals surface area contributed by atoms with Crippen LogP contribution in [-0.2, 0) is 16.0 Å². The highest BCUT2D eigenvalue weighted by molar-refractivity contribution is 7.09. The van der Waals surface area contributed by atoms with Crippen LogP contribution in [0.25, 0.3) is 0 Å². The largest absolute Gasteiger partial charge is 0.379 e. The van der Waals surface area contributed by atoms with Crippen LogP contribution in [-0.4, -0.2) is 50.2 Å². The normalized spacial score (nSPS) is 17.6. The Morgan fingerprint density at radius 1 is 1.48 bits per heavy atom. The molecule has 1 amide bonds. The van der Waals surface area contributed by atoms with Gasteiger partial charge in [0.1, 0.15) is 0 Å². The van der Waals surface area contributed by atoms with Gasteiger partial charge in [-0.3, -0.25) is 9.69 Å². The van der Waals surface area contributed by atoms with E-state index in [2.05, 4.69) is 34.7 Å². The first-order valence-corrected chi connectivity index (χ1v) is 8.71. The van der Waals surface area contributed by atoms with Crippen LogP contribution in [0.15, 0.2) is 17.5 Å². The second-order valence-corrected chi connectivity index (χ2v) is 6.79. The van der Waals surface area contributed by atoms with Gasteiger partial charge in [0.2, 0.25) is 5.91 Å². The molecule has 118 valence electrons. The Morgan fingerprint density at radius 3 is 3.00 bits per heavy atom. The minimum absolute atomic E-state index is 0.181. The summed E-state index contributed by atoms with van der Waals surface area (Å²) in [7, 11) is 0. The fourth-order valence-corrected chi connectivity index (χ4v) is 3.29. The Kier molecular flexibility index (Phi) is 7.19. The SMILES string of the molecule is CC(CNC(=O)CCCc1cccs1)CN1CCOCC1. The molecule has 1 fully saturated rings. The second-order valence-electron chi connectivity index (χ2n) is 5.76. The summed E-state index contributed by atoms with van der Waals surface area (Å²) in [5, 5.41) is 5.14. The molecular formula is C16H26N2O2S. The van der Waals surface area contributed by atoms with E-state index >= 15 is 0 Å². The first kappa shape index (κ1) is 16.5. The Balaban J connectivity index is 1.53. The van der Waals surface area contributed by atoms with E-state index < -0.39 is 0 Å². The predicted octanol–water partition coefficient (Wildman–Crippen LogP) is 2.16. The van der Waals surface area contributed by atoms with Gasteiger partial charge in [-0.05, 0) is 30.2 Å². The summed E-state index contributed by atoms with van der Waals surface area (Å²) in [6.07, 6.45) is 2.57. The van der Waals surface area contributed by atoms with Gasteiger partial charge in [0, 0.05) is 37.5 Å². The molecule has 4 nitrogen and oxygen atoms in total. The molecule has 2 rings (SSSR count). The molecule has 1 unspecified atom stereocenters. The zero-order chi connectivity index (χ0) is 14.9. The molecule has 1 aromatic heterocycles. The highest BCUT2D eigenvalue weighted by Gasteiger charge is 2.14. The third-order valence-electron chi connectivity index (χ3n) is 3.73. The number of morpholine rings is 1. The molecule has 1 N–H and O–H groups in total.